The zero-order valence-electron chi connectivity index (χ0n) is 10.9. The minimum absolute atomic E-state index is 0.147. The Bertz CT molecular complexity index is 617. The summed E-state index contributed by atoms with van der Waals surface area (Å²) < 4.78 is 19.3. The van der Waals surface area contributed by atoms with Crippen LogP contribution >= 0.6 is 23.2 Å². The molecular weight excluding hydrogens is 300 g/mol. The lowest BCUT2D eigenvalue weighted by molar-refractivity contribution is 0.290. The molecule has 0 saturated carbocycles. The molecule has 0 heterocycles. The summed E-state index contributed by atoms with van der Waals surface area (Å²) in [5, 5.41) is 0.863. The highest BCUT2D eigenvalue weighted by Crippen LogP contribution is 2.27. The van der Waals surface area contributed by atoms with Gasteiger partial charge in [0, 0.05) is 11.6 Å². The first-order valence-electron chi connectivity index (χ1n) is 6.09. The van der Waals surface area contributed by atoms with Crippen LogP contribution in [-0.2, 0) is 6.61 Å². The maximum absolute atomic E-state index is 13.9. The molecule has 5 heteroatoms. The molecule has 20 heavy (non-hydrogen) atoms. The molecule has 0 aliphatic rings. The molecule has 1 atom stereocenters. The van der Waals surface area contributed by atoms with E-state index in [0.717, 1.165) is 5.56 Å². The third-order valence-corrected chi connectivity index (χ3v) is 3.75. The number of ether oxygens (including phenoxy) is 1. The minimum atomic E-state index is -0.446. The van der Waals surface area contributed by atoms with Gasteiger partial charge in [-0.25, -0.2) is 4.39 Å². The van der Waals surface area contributed by atoms with Crippen LogP contribution in [0.4, 0.5) is 4.39 Å². The van der Waals surface area contributed by atoms with Crippen molar-refractivity contribution in [3.8, 4) is 5.75 Å². The van der Waals surface area contributed by atoms with Crippen molar-refractivity contribution in [2.75, 3.05) is 0 Å². The van der Waals surface area contributed by atoms with E-state index in [4.69, 9.17) is 33.7 Å². The van der Waals surface area contributed by atoms with Gasteiger partial charge in [-0.2, -0.15) is 0 Å². The van der Waals surface area contributed by atoms with Crippen LogP contribution in [0.1, 0.15) is 24.1 Å². The summed E-state index contributed by atoms with van der Waals surface area (Å²) in [4.78, 5) is 0. The molecule has 2 rings (SSSR count). The van der Waals surface area contributed by atoms with Gasteiger partial charge in [-0.05, 0) is 30.7 Å². The zero-order valence-corrected chi connectivity index (χ0v) is 12.4. The first-order chi connectivity index (χ1) is 9.49. The van der Waals surface area contributed by atoms with Crippen LogP contribution in [0.3, 0.4) is 0 Å². The molecule has 2 N–H and O–H groups in total. The van der Waals surface area contributed by atoms with Crippen molar-refractivity contribution >= 4 is 23.2 Å². The van der Waals surface area contributed by atoms with Crippen LogP contribution in [0.15, 0.2) is 36.4 Å². The summed E-state index contributed by atoms with van der Waals surface area (Å²) in [7, 11) is 0. The van der Waals surface area contributed by atoms with Crippen LogP contribution in [0, 0.1) is 5.82 Å². The monoisotopic (exact) mass is 313 g/mol. The van der Waals surface area contributed by atoms with E-state index in [1.54, 1.807) is 37.3 Å². The van der Waals surface area contributed by atoms with Gasteiger partial charge < -0.3 is 10.5 Å². The van der Waals surface area contributed by atoms with E-state index in [-0.39, 0.29) is 18.4 Å². The highest BCUT2D eigenvalue weighted by molar-refractivity contribution is 6.42. The molecule has 106 valence electrons. The zero-order chi connectivity index (χ0) is 14.7. The molecule has 2 aromatic carbocycles. The lowest BCUT2D eigenvalue weighted by Gasteiger charge is -2.11. The average Bonchev–Trinajstić information content (AvgIpc) is 2.41. The standard InChI is InChI=1S/C15H14Cl2FNO/c1-9(19)10-5-6-14(13(18)7-10)20-8-11-3-2-4-12(16)15(11)17/h2-7,9H,8,19H2,1H3/t9-/m0/s1. The van der Waals surface area contributed by atoms with Crippen molar-refractivity contribution in [2.45, 2.75) is 19.6 Å². The maximum atomic E-state index is 13.9. The highest BCUT2D eigenvalue weighted by Gasteiger charge is 2.09. The Morgan fingerprint density at radius 1 is 1.25 bits per heavy atom. The first kappa shape index (κ1) is 15.1. The quantitative estimate of drug-likeness (QED) is 0.885. The molecule has 0 unspecified atom stereocenters. The number of hydrogen-bond acceptors (Lipinski definition) is 2. The predicted molar refractivity (Wildman–Crippen MR) is 79.8 cm³/mol. The lowest BCUT2D eigenvalue weighted by atomic mass is 10.1. The summed E-state index contributed by atoms with van der Waals surface area (Å²) in [6, 6.07) is 9.69. The Kier molecular flexibility index (Phi) is 4.86. The van der Waals surface area contributed by atoms with E-state index in [1.165, 1.54) is 6.07 Å². The smallest absolute Gasteiger partial charge is 0.165 e. The van der Waals surface area contributed by atoms with Crippen molar-refractivity contribution in [3.63, 3.8) is 0 Å². The fourth-order valence-electron chi connectivity index (χ4n) is 1.73. The topological polar surface area (TPSA) is 35.2 Å². The Labute approximate surface area is 127 Å². The fraction of sp³-hybridized carbons (Fsp3) is 0.200. The van der Waals surface area contributed by atoms with E-state index in [9.17, 15) is 4.39 Å². The molecule has 0 aliphatic carbocycles. The number of benzene rings is 2. The van der Waals surface area contributed by atoms with Gasteiger partial charge in [0.1, 0.15) is 6.61 Å². The molecule has 0 bridgehead atoms. The summed E-state index contributed by atoms with van der Waals surface area (Å²) in [6.45, 7) is 1.94. The van der Waals surface area contributed by atoms with E-state index >= 15 is 0 Å². The van der Waals surface area contributed by atoms with E-state index in [2.05, 4.69) is 0 Å². The molecular formula is C15H14Cl2FNO. The minimum Gasteiger partial charge on any atom is -0.486 e. The summed E-state index contributed by atoms with van der Waals surface area (Å²) in [5.41, 5.74) is 7.12. The Hall–Kier alpha value is -1.29. The summed E-state index contributed by atoms with van der Waals surface area (Å²) in [5.74, 6) is -0.289. The van der Waals surface area contributed by atoms with E-state index in [0.29, 0.717) is 15.6 Å². The average molecular weight is 314 g/mol. The van der Waals surface area contributed by atoms with Crippen molar-refractivity contribution in [2.24, 2.45) is 5.73 Å². The van der Waals surface area contributed by atoms with E-state index in [1.807, 2.05) is 0 Å². The molecule has 0 fully saturated rings. The highest BCUT2D eigenvalue weighted by atomic mass is 35.5. The fourth-order valence-corrected chi connectivity index (χ4v) is 2.11. The maximum Gasteiger partial charge on any atom is 0.165 e. The van der Waals surface area contributed by atoms with Crippen LogP contribution in [0.25, 0.3) is 0 Å². The second-order valence-corrected chi connectivity index (χ2v) is 5.27. The van der Waals surface area contributed by atoms with Gasteiger partial charge in [0.05, 0.1) is 10.0 Å². The van der Waals surface area contributed by atoms with Gasteiger partial charge in [-0.15, -0.1) is 0 Å². The number of hydrogen-bond donors (Lipinski definition) is 1. The molecule has 0 amide bonds. The van der Waals surface area contributed by atoms with Gasteiger partial charge in [-0.3, -0.25) is 0 Å². The molecule has 0 saturated heterocycles. The first-order valence-corrected chi connectivity index (χ1v) is 6.85. The van der Waals surface area contributed by atoms with Crippen molar-refractivity contribution in [1.29, 1.82) is 0 Å². The SMILES string of the molecule is C[C@H](N)c1ccc(OCc2cccc(Cl)c2Cl)c(F)c1. The second kappa shape index (κ2) is 6.44. The molecule has 0 spiro atoms. The summed E-state index contributed by atoms with van der Waals surface area (Å²) in [6.07, 6.45) is 0. The van der Waals surface area contributed by atoms with Gasteiger partial charge in [0.15, 0.2) is 11.6 Å². The number of nitrogens with two attached hydrogens (primary N) is 1. The molecule has 2 nitrogen and oxygen atoms in total. The van der Waals surface area contributed by atoms with E-state index < -0.39 is 5.82 Å². The van der Waals surface area contributed by atoms with Gasteiger partial charge in [-0.1, -0.05) is 41.4 Å². The van der Waals surface area contributed by atoms with Gasteiger partial charge >= 0.3 is 0 Å². The molecule has 0 aliphatic heterocycles. The van der Waals surface area contributed by atoms with Gasteiger partial charge in [0.2, 0.25) is 0 Å². The van der Waals surface area contributed by atoms with Crippen molar-refractivity contribution in [1.82, 2.24) is 0 Å². The normalized spacial score (nSPS) is 12.2. The molecule has 0 radical (unpaired) electrons. The van der Waals surface area contributed by atoms with Crippen molar-refractivity contribution in [3.05, 3.63) is 63.4 Å². The summed E-state index contributed by atoms with van der Waals surface area (Å²) >= 11 is 12.0. The Morgan fingerprint density at radius 3 is 2.65 bits per heavy atom. The van der Waals surface area contributed by atoms with Crippen LogP contribution in [-0.4, -0.2) is 0 Å². The van der Waals surface area contributed by atoms with Crippen LogP contribution < -0.4 is 10.5 Å². The second-order valence-electron chi connectivity index (χ2n) is 4.48. The number of halogens is 3. The van der Waals surface area contributed by atoms with Crippen molar-refractivity contribution < 1.29 is 9.13 Å². The van der Waals surface area contributed by atoms with Crippen LogP contribution in [0.5, 0.6) is 5.75 Å². The molecule has 0 aromatic heterocycles. The third-order valence-electron chi connectivity index (χ3n) is 2.90. The van der Waals surface area contributed by atoms with Gasteiger partial charge in [0.25, 0.3) is 0 Å². The van der Waals surface area contributed by atoms with Crippen LogP contribution in [0.2, 0.25) is 10.0 Å². The lowest BCUT2D eigenvalue weighted by Crippen LogP contribution is -2.06. The Balaban J connectivity index is 2.13. The Morgan fingerprint density at radius 2 is 2.00 bits per heavy atom. The third kappa shape index (κ3) is 3.42. The predicted octanol–water partition coefficient (Wildman–Crippen LogP) is 4.73. The number of rotatable bonds is 4. The largest absolute Gasteiger partial charge is 0.486 e. The molecule has 2 aromatic rings.